The van der Waals surface area contributed by atoms with Crippen LogP contribution in [0.5, 0.6) is 0 Å². The number of aromatic amines is 1. The molecule has 0 saturated carbocycles. The summed E-state index contributed by atoms with van der Waals surface area (Å²) >= 11 is 1.43. The van der Waals surface area contributed by atoms with Gasteiger partial charge in [0.05, 0.1) is 22.5 Å². The summed E-state index contributed by atoms with van der Waals surface area (Å²) in [6, 6.07) is 30.8. The minimum Gasteiger partial charge on any atom is -0.744 e. The Hall–Kier alpha value is -2.92. The SMILES string of the molecule is O=C(c1ccccc1)N(Cc1ccccc1)c1ccccc1CSc1nc2ccc(S(=O)(=O)[O-])cc2[nH]1.[Na+]. The van der Waals surface area contributed by atoms with Gasteiger partial charge < -0.3 is 14.4 Å². The molecule has 186 valence electrons. The van der Waals surface area contributed by atoms with Crippen molar-refractivity contribution in [3.8, 4) is 0 Å². The van der Waals surface area contributed by atoms with E-state index in [9.17, 15) is 17.8 Å². The molecule has 38 heavy (non-hydrogen) atoms. The van der Waals surface area contributed by atoms with Crippen LogP contribution >= 0.6 is 11.8 Å². The Morgan fingerprint density at radius 2 is 1.55 bits per heavy atom. The fourth-order valence-electron chi connectivity index (χ4n) is 4.00. The maximum Gasteiger partial charge on any atom is 1.00 e. The molecule has 0 saturated heterocycles. The number of nitrogens with zero attached hydrogens (tertiary/aromatic N) is 2. The third-order valence-electron chi connectivity index (χ3n) is 5.82. The van der Waals surface area contributed by atoms with Gasteiger partial charge in [-0.2, -0.15) is 0 Å². The number of H-pyrrole nitrogens is 1. The van der Waals surface area contributed by atoms with Crippen LogP contribution in [0.25, 0.3) is 11.0 Å². The van der Waals surface area contributed by atoms with E-state index in [1.165, 1.54) is 30.0 Å². The molecule has 1 amide bonds. The van der Waals surface area contributed by atoms with Crippen molar-refractivity contribution in [2.45, 2.75) is 22.3 Å². The molecule has 5 rings (SSSR count). The number of rotatable bonds is 8. The van der Waals surface area contributed by atoms with E-state index in [1.807, 2.05) is 84.9 Å². The number of hydrogen-bond donors (Lipinski definition) is 1. The Morgan fingerprint density at radius 3 is 2.26 bits per heavy atom. The molecule has 0 aliphatic rings. The van der Waals surface area contributed by atoms with Crippen molar-refractivity contribution in [3.05, 3.63) is 120 Å². The first-order chi connectivity index (χ1) is 17.9. The molecular weight excluding hydrogens is 529 g/mol. The third-order valence-corrected chi connectivity index (χ3v) is 7.57. The van der Waals surface area contributed by atoms with Crippen LogP contribution in [0.15, 0.2) is 113 Å². The van der Waals surface area contributed by atoms with Crippen molar-refractivity contribution in [3.63, 3.8) is 0 Å². The van der Waals surface area contributed by atoms with Gasteiger partial charge in [0, 0.05) is 17.0 Å². The smallest absolute Gasteiger partial charge is 0.744 e. The molecule has 1 N–H and O–H groups in total. The minimum absolute atomic E-state index is 0. The summed E-state index contributed by atoms with van der Waals surface area (Å²) in [5.41, 5.74) is 4.38. The predicted molar refractivity (Wildman–Crippen MR) is 143 cm³/mol. The van der Waals surface area contributed by atoms with Gasteiger partial charge in [-0.1, -0.05) is 78.5 Å². The van der Waals surface area contributed by atoms with Crippen LogP contribution < -0.4 is 34.5 Å². The van der Waals surface area contributed by atoms with E-state index in [-0.39, 0.29) is 40.4 Å². The fourth-order valence-corrected chi connectivity index (χ4v) is 5.38. The number of fused-ring (bicyclic) bond motifs is 1. The number of thioether (sulfide) groups is 1. The van der Waals surface area contributed by atoms with Gasteiger partial charge in [0.2, 0.25) is 0 Å². The third kappa shape index (κ3) is 6.55. The van der Waals surface area contributed by atoms with Gasteiger partial charge in [0.25, 0.3) is 5.91 Å². The van der Waals surface area contributed by atoms with E-state index in [0.29, 0.717) is 34.1 Å². The van der Waals surface area contributed by atoms with Crippen LogP contribution in [0, 0.1) is 0 Å². The first kappa shape index (κ1) is 28.1. The summed E-state index contributed by atoms with van der Waals surface area (Å²) in [7, 11) is -4.55. The van der Waals surface area contributed by atoms with Crippen LogP contribution in [0.3, 0.4) is 0 Å². The number of benzene rings is 4. The Labute approximate surface area is 247 Å². The summed E-state index contributed by atoms with van der Waals surface area (Å²) in [5, 5.41) is 0.578. The van der Waals surface area contributed by atoms with Gasteiger partial charge in [0.15, 0.2) is 5.16 Å². The van der Waals surface area contributed by atoms with Crippen LogP contribution in [-0.4, -0.2) is 28.8 Å². The van der Waals surface area contributed by atoms with Crippen molar-refractivity contribution < 1.29 is 47.3 Å². The van der Waals surface area contributed by atoms with Crippen LogP contribution in [0.1, 0.15) is 21.5 Å². The molecule has 0 radical (unpaired) electrons. The molecule has 0 unspecified atom stereocenters. The molecule has 0 aliphatic carbocycles. The van der Waals surface area contributed by atoms with Crippen molar-refractivity contribution in [2.75, 3.05) is 4.90 Å². The van der Waals surface area contributed by atoms with Gasteiger partial charge in [-0.05, 0) is 47.5 Å². The molecule has 1 heterocycles. The summed E-state index contributed by atoms with van der Waals surface area (Å²) < 4.78 is 34.1. The van der Waals surface area contributed by atoms with Crippen LogP contribution in [0.4, 0.5) is 5.69 Å². The van der Waals surface area contributed by atoms with Crippen molar-refractivity contribution >= 4 is 44.5 Å². The standard InChI is InChI=1S/C28H23N3O4S2.Na/c32-27(21-11-5-2-6-12-21)31(18-20-9-3-1-4-10-20)26-14-8-7-13-22(26)19-36-28-29-24-16-15-23(37(33,34)35)17-25(24)30-28;/h1-17H,18-19H2,(H,29,30)(H,33,34,35);/q;+1/p-1. The first-order valence-electron chi connectivity index (χ1n) is 11.5. The quantitative estimate of drug-likeness (QED) is 0.181. The van der Waals surface area contributed by atoms with Crippen molar-refractivity contribution in [1.82, 2.24) is 9.97 Å². The Morgan fingerprint density at radius 1 is 0.895 bits per heavy atom. The molecule has 4 aromatic carbocycles. The predicted octanol–water partition coefficient (Wildman–Crippen LogP) is 2.61. The molecule has 1 aromatic heterocycles. The first-order valence-corrected chi connectivity index (χ1v) is 13.8. The number of para-hydroxylation sites is 1. The zero-order chi connectivity index (χ0) is 25.8. The Balaban J connectivity index is 0.00000336. The average Bonchev–Trinajstić information content (AvgIpc) is 3.33. The molecular formula is C28H22N3NaO4S2. The molecule has 0 aliphatic heterocycles. The largest absolute Gasteiger partial charge is 1.00 e. The number of nitrogens with one attached hydrogen (secondary N) is 1. The summed E-state index contributed by atoms with van der Waals surface area (Å²) in [6.07, 6.45) is 0. The normalized spacial score (nSPS) is 11.2. The summed E-state index contributed by atoms with van der Waals surface area (Å²) in [4.78, 5) is 22.7. The van der Waals surface area contributed by atoms with Crippen molar-refractivity contribution in [1.29, 1.82) is 0 Å². The average molecular weight is 552 g/mol. The number of aromatic nitrogens is 2. The van der Waals surface area contributed by atoms with Gasteiger partial charge in [-0.25, -0.2) is 13.4 Å². The Kier molecular flexibility index (Phi) is 9.09. The second-order valence-corrected chi connectivity index (χ2v) is 10.7. The number of hydrogen-bond acceptors (Lipinski definition) is 6. The maximum absolute atomic E-state index is 13.6. The maximum atomic E-state index is 13.6. The van der Waals surface area contributed by atoms with E-state index in [1.54, 1.807) is 4.90 Å². The number of anilines is 1. The minimum atomic E-state index is -4.55. The summed E-state index contributed by atoms with van der Waals surface area (Å²) in [6.45, 7) is 0.410. The molecule has 0 fully saturated rings. The Bertz CT molecular complexity index is 1660. The second-order valence-electron chi connectivity index (χ2n) is 8.34. The van der Waals surface area contributed by atoms with Gasteiger partial charge in [0.1, 0.15) is 10.1 Å². The fraction of sp³-hybridized carbons (Fsp3) is 0.0714. The topological polar surface area (TPSA) is 106 Å². The van der Waals surface area contributed by atoms with E-state index in [2.05, 4.69) is 9.97 Å². The number of amides is 1. The molecule has 7 nitrogen and oxygen atoms in total. The monoisotopic (exact) mass is 551 g/mol. The van der Waals surface area contributed by atoms with E-state index >= 15 is 0 Å². The second kappa shape index (κ2) is 12.3. The number of carbonyl (C=O) groups excluding carboxylic acids is 1. The molecule has 10 heteroatoms. The van der Waals surface area contributed by atoms with Crippen molar-refractivity contribution in [2.24, 2.45) is 0 Å². The van der Waals surface area contributed by atoms with E-state index in [0.717, 1.165) is 16.8 Å². The summed E-state index contributed by atoms with van der Waals surface area (Å²) in [5.74, 6) is 0.410. The molecule has 5 aromatic rings. The van der Waals surface area contributed by atoms with Gasteiger partial charge in [-0.15, -0.1) is 0 Å². The van der Waals surface area contributed by atoms with Crippen LogP contribution in [-0.2, 0) is 22.4 Å². The zero-order valence-corrected chi connectivity index (χ0v) is 24.2. The molecule has 0 bridgehead atoms. The van der Waals surface area contributed by atoms with E-state index in [4.69, 9.17) is 0 Å². The molecule has 0 spiro atoms. The van der Waals surface area contributed by atoms with Crippen LogP contribution in [0.2, 0.25) is 0 Å². The number of carbonyl (C=O) groups is 1. The molecule has 0 atom stereocenters. The zero-order valence-electron chi connectivity index (χ0n) is 20.6. The van der Waals surface area contributed by atoms with E-state index < -0.39 is 10.1 Å². The van der Waals surface area contributed by atoms with Gasteiger partial charge >= 0.3 is 29.6 Å². The van der Waals surface area contributed by atoms with Gasteiger partial charge in [-0.3, -0.25) is 4.79 Å². The number of imidazole rings is 1.